The molecular formula is C23H25FN4O5S. The number of sulfone groups is 1. The molecule has 3 aromatic heterocycles. The molecule has 1 N–H and O–H groups in total. The van der Waals surface area contributed by atoms with Gasteiger partial charge in [-0.3, -0.25) is 4.40 Å². The maximum Gasteiger partial charge on any atom is 0.188 e. The Balaban J connectivity index is 1.97. The number of fused-ring (bicyclic) bond motifs is 1. The predicted octanol–water partition coefficient (Wildman–Crippen LogP) is 3.41. The van der Waals surface area contributed by atoms with Crippen LogP contribution >= 0.6 is 0 Å². The smallest absolute Gasteiger partial charge is 0.188 e. The third kappa shape index (κ3) is 3.80. The number of benzene rings is 1. The molecule has 0 saturated carbocycles. The SMILES string of the molecule is COc1cc2ncc(-c3cc(F)c(OC)c(-n4cc(CO)cn4)c3)n2cc1S(=O)(=O)C(C)(C)C. The second-order valence-corrected chi connectivity index (χ2v) is 11.3. The lowest BCUT2D eigenvalue weighted by Crippen LogP contribution is -2.28. The van der Waals surface area contributed by atoms with Crippen molar-refractivity contribution in [1.82, 2.24) is 19.2 Å². The van der Waals surface area contributed by atoms with Gasteiger partial charge in [0, 0.05) is 29.6 Å². The van der Waals surface area contributed by atoms with Crippen LogP contribution in [0.15, 0.2) is 47.9 Å². The van der Waals surface area contributed by atoms with Gasteiger partial charge in [0.1, 0.15) is 22.0 Å². The van der Waals surface area contributed by atoms with E-state index in [0.29, 0.717) is 28.2 Å². The molecule has 11 heteroatoms. The van der Waals surface area contributed by atoms with Crippen LogP contribution in [0.25, 0.3) is 22.6 Å². The first kappa shape index (κ1) is 23.7. The highest BCUT2D eigenvalue weighted by molar-refractivity contribution is 7.92. The molecule has 3 heterocycles. The van der Waals surface area contributed by atoms with Gasteiger partial charge in [0.15, 0.2) is 21.4 Å². The Hall–Kier alpha value is -3.44. The number of imidazole rings is 1. The normalized spacial score (nSPS) is 12.3. The Morgan fingerprint density at radius 2 is 1.82 bits per heavy atom. The number of hydrogen-bond acceptors (Lipinski definition) is 7. The number of nitrogens with zero attached hydrogens (tertiary/aromatic N) is 4. The largest absolute Gasteiger partial charge is 0.495 e. The van der Waals surface area contributed by atoms with Crippen molar-refractivity contribution in [2.45, 2.75) is 37.0 Å². The van der Waals surface area contributed by atoms with Crippen LogP contribution in [0.5, 0.6) is 11.5 Å². The minimum Gasteiger partial charge on any atom is -0.495 e. The first-order chi connectivity index (χ1) is 16.0. The van der Waals surface area contributed by atoms with Crippen molar-refractivity contribution in [1.29, 1.82) is 0 Å². The summed E-state index contributed by atoms with van der Waals surface area (Å²) in [5.41, 5.74) is 2.17. The lowest BCUT2D eigenvalue weighted by atomic mass is 10.1. The number of methoxy groups -OCH3 is 2. The van der Waals surface area contributed by atoms with Crippen LogP contribution in [0.2, 0.25) is 0 Å². The Kier molecular flexibility index (Phi) is 5.86. The highest BCUT2D eigenvalue weighted by Crippen LogP contribution is 2.36. The Bertz CT molecular complexity index is 1490. The molecule has 0 unspecified atom stereocenters. The summed E-state index contributed by atoms with van der Waals surface area (Å²) in [6.45, 7) is 4.61. The summed E-state index contributed by atoms with van der Waals surface area (Å²) in [7, 11) is -1.02. The predicted molar refractivity (Wildman–Crippen MR) is 124 cm³/mol. The molecule has 0 atom stereocenters. The zero-order valence-corrected chi connectivity index (χ0v) is 20.2. The van der Waals surface area contributed by atoms with Crippen molar-refractivity contribution >= 4 is 15.5 Å². The molecule has 0 amide bonds. The average Bonchev–Trinajstić information content (AvgIpc) is 3.43. The highest BCUT2D eigenvalue weighted by Gasteiger charge is 2.34. The molecule has 0 spiro atoms. The van der Waals surface area contributed by atoms with Crippen LogP contribution in [-0.2, 0) is 16.4 Å². The van der Waals surface area contributed by atoms with E-state index in [1.807, 2.05) is 0 Å². The molecule has 4 rings (SSSR count). The minimum atomic E-state index is -3.76. The van der Waals surface area contributed by atoms with Gasteiger partial charge in [-0.15, -0.1) is 0 Å². The number of halogens is 1. The molecule has 9 nitrogen and oxygen atoms in total. The van der Waals surface area contributed by atoms with Gasteiger partial charge in [-0.05, 0) is 32.9 Å². The second-order valence-electron chi connectivity index (χ2n) is 8.66. The van der Waals surface area contributed by atoms with Crippen LogP contribution in [0, 0.1) is 5.82 Å². The molecule has 0 aliphatic rings. The van der Waals surface area contributed by atoms with Crippen LogP contribution in [0.1, 0.15) is 26.3 Å². The molecule has 0 radical (unpaired) electrons. The summed E-state index contributed by atoms with van der Waals surface area (Å²) < 4.78 is 54.0. The maximum atomic E-state index is 15.1. The Labute approximate surface area is 196 Å². The third-order valence-corrected chi connectivity index (χ3v) is 7.98. The Morgan fingerprint density at radius 1 is 1.09 bits per heavy atom. The van der Waals surface area contributed by atoms with Gasteiger partial charge in [0.05, 0.1) is 43.7 Å². The number of aliphatic hydroxyl groups excluding tert-OH is 1. The topological polar surface area (TPSA) is 108 Å². The van der Waals surface area contributed by atoms with Crippen LogP contribution in [0.3, 0.4) is 0 Å². The molecule has 180 valence electrons. The van der Waals surface area contributed by atoms with Crippen molar-refractivity contribution in [3.63, 3.8) is 0 Å². The molecule has 0 aliphatic heterocycles. The molecule has 1 aromatic carbocycles. The molecule has 0 bridgehead atoms. The highest BCUT2D eigenvalue weighted by atomic mass is 32.2. The molecule has 34 heavy (non-hydrogen) atoms. The van der Waals surface area contributed by atoms with E-state index in [4.69, 9.17) is 9.47 Å². The summed E-state index contributed by atoms with van der Waals surface area (Å²) in [5, 5.41) is 13.5. The van der Waals surface area contributed by atoms with Gasteiger partial charge in [0.2, 0.25) is 0 Å². The number of aromatic nitrogens is 4. The van der Waals surface area contributed by atoms with Gasteiger partial charge in [0.25, 0.3) is 0 Å². The number of pyridine rings is 1. The monoisotopic (exact) mass is 488 g/mol. The fourth-order valence-corrected chi connectivity index (χ4v) is 4.88. The van der Waals surface area contributed by atoms with Crippen molar-refractivity contribution in [3.05, 3.63) is 54.4 Å². The van der Waals surface area contributed by atoms with E-state index in [1.54, 1.807) is 37.4 Å². The molecule has 0 aliphatic carbocycles. The van der Waals surface area contributed by atoms with Crippen molar-refractivity contribution < 1.29 is 27.4 Å². The fraction of sp³-hybridized carbons (Fsp3) is 0.304. The fourth-order valence-electron chi connectivity index (χ4n) is 3.56. The minimum absolute atomic E-state index is 0.00289. The van der Waals surface area contributed by atoms with E-state index in [9.17, 15) is 13.5 Å². The van der Waals surface area contributed by atoms with E-state index in [0.717, 1.165) is 0 Å². The first-order valence-electron chi connectivity index (χ1n) is 10.3. The Morgan fingerprint density at radius 3 is 2.41 bits per heavy atom. The number of aliphatic hydroxyl groups is 1. The zero-order chi connectivity index (χ0) is 24.8. The maximum absolute atomic E-state index is 15.1. The number of hydrogen-bond donors (Lipinski definition) is 1. The summed E-state index contributed by atoms with van der Waals surface area (Å²) in [6.07, 6.45) is 5.99. The van der Waals surface area contributed by atoms with Gasteiger partial charge >= 0.3 is 0 Å². The zero-order valence-electron chi connectivity index (χ0n) is 19.4. The van der Waals surface area contributed by atoms with Gasteiger partial charge < -0.3 is 14.6 Å². The van der Waals surface area contributed by atoms with E-state index in [1.165, 1.54) is 49.6 Å². The van der Waals surface area contributed by atoms with E-state index < -0.39 is 20.4 Å². The molecular weight excluding hydrogens is 463 g/mol. The van der Waals surface area contributed by atoms with E-state index >= 15 is 4.39 Å². The van der Waals surface area contributed by atoms with Gasteiger partial charge in [-0.2, -0.15) is 5.10 Å². The first-order valence-corrected chi connectivity index (χ1v) is 11.8. The summed E-state index contributed by atoms with van der Waals surface area (Å²) >= 11 is 0. The average molecular weight is 489 g/mol. The van der Waals surface area contributed by atoms with Crippen LogP contribution < -0.4 is 9.47 Å². The van der Waals surface area contributed by atoms with Crippen molar-refractivity contribution in [2.75, 3.05) is 14.2 Å². The summed E-state index contributed by atoms with van der Waals surface area (Å²) in [5.74, 6) is -0.487. The third-order valence-electron chi connectivity index (χ3n) is 5.48. The number of ether oxygens (including phenoxy) is 2. The lowest BCUT2D eigenvalue weighted by molar-refractivity contribution is 0.282. The van der Waals surface area contributed by atoms with E-state index in [-0.39, 0.29) is 23.0 Å². The molecule has 0 fully saturated rings. The lowest BCUT2D eigenvalue weighted by Gasteiger charge is -2.21. The van der Waals surface area contributed by atoms with Crippen molar-refractivity contribution in [3.8, 4) is 28.4 Å². The summed E-state index contributed by atoms with van der Waals surface area (Å²) in [6, 6.07) is 4.47. The van der Waals surface area contributed by atoms with Crippen molar-refractivity contribution in [2.24, 2.45) is 0 Å². The second kappa shape index (κ2) is 8.41. The van der Waals surface area contributed by atoms with E-state index in [2.05, 4.69) is 10.1 Å². The quantitative estimate of drug-likeness (QED) is 0.443. The van der Waals surface area contributed by atoms with Gasteiger partial charge in [-0.25, -0.2) is 22.5 Å². The molecule has 4 aromatic rings. The standard InChI is InChI=1S/C23H25FN4O5S/c1-23(2,3)34(30,31)20-12-27-18(10-25-21(27)8-19(20)32-4)15-6-16(24)22(33-5)17(7-15)28-11-14(13-29)9-26-28/h6-12,29H,13H2,1-5H3. The van der Waals surface area contributed by atoms with Crippen LogP contribution in [0.4, 0.5) is 4.39 Å². The summed E-state index contributed by atoms with van der Waals surface area (Å²) in [4.78, 5) is 4.36. The van der Waals surface area contributed by atoms with Gasteiger partial charge in [-0.1, -0.05) is 0 Å². The molecule has 0 saturated heterocycles. The number of rotatable bonds is 6. The van der Waals surface area contributed by atoms with Crippen LogP contribution in [-0.4, -0.2) is 51.7 Å².